The van der Waals surface area contributed by atoms with Crippen molar-refractivity contribution in [3.63, 3.8) is 0 Å². The first-order valence-electron chi connectivity index (χ1n) is 6.87. The molecule has 0 saturated carbocycles. The summed E-state index contributed by atoms with van der Waals surface area (Å²) in [4.78, 5) is 0. The molecule has 0 atom stereocenters. The van der Waals surface area contributed by atoms with E-state index in [1.807, 2.05) is 0 Å². The smallest absolute Gasteiger partial charge is 0.0701 e. The van der Waals surface area contributed by atoms with Gasteiger partial charge in [-0.05, 0) is 0 Å². The normalized spacial score (nSPS) is 10.1. The summed E-state index contributed by atoms with van der Waals surface area (Å²) >= 11 is 0. The minimum Gasteiger partial charge on any atom is -0.378 e. The molecule has 0 aliphatic heterocycles. The molecule has 6 nitrogen and oxygen atoms in total. The summed E-state index contributed by atoms with van der Waals surface area (Å²) < 4.78 is 21.2. The molecule has 0 amide bonds. The monoisotopic (exact) mass is 400 g/mol. The molecular formula is C12H30Cl2N2O4S2. The Labute approximate surface area is 154 Å². The lowest BCUT2D eigenvalue weighted by Crippen LogP contribution is -2.12. The molecule has 138 valence electrons. The second-order valence-corrected chi connectivity index (χ2v) is 6.37. The van der Waals surface area contributed by atoms with Gasteiger partial charge in [0.05, 0.1) is 52.9 Å². The van der Waals surface area contributed by atoms with Crippen LogP contribution in [0.5, 0.6) is 0 Å². The van der Waals surface area contributed by atoms with Crippen molar-refractivity contribution >= 4 is 46.4 Å². The third kappa shape index (κ3) is 26.0. The molecule has 0 fully saturated rings. The molecule has 0 bridgehead atoms. The highest BCUT2D eigenvalue weighted by molar-refractivity contribution is 8.76. The first-order valence-corrected chi connectivity index (χ1v) is 9.36. The molecule has 0 unspecified atom stereocenters. The van der Waals surface area contributed by atoms with E-state index >= 15 is 0 Å². The van der Waals surface area contributed by atoms with Gasteiger partial charge in [0, 0.05) is 24.6 Å². The van der Waals surface area contributed by atoms with Crippen molar-refractivity contribution in [3.05, 3.63) is 0 Å². The van der Waals surface area contributed by atoms with E-state index in [0.717, 1.165) is 24.7 Å². The lowest BCUT2D eigenvalue weighted by atomic mass is 10.7. The summed E-state index contributed by atoms with van der Waals surface area (Å²) in [5.74, 6) is 1.95. The van der Waals surface area contributed by atoms with E-state index in [9.17, 15) is 0 Å². The Kier molecular flexibility index (Phi) is 34.1. The summed E-state index contributed by atoms with van der Waals surface area (Å²) in [5, 5.41) is 0. The minimum atomic E-state index is 0. The zero-order valence-corrected chi connectivity index (χ0v) is 16.2. The molecule has 0 saturated heterocycles. The number of rotatable bonds is 17. The number of hydrogen-bond acceptors (Lipinski definition) is 8. The van der Waals surface area contributed by atoms with Gasteiger partial charge in [-0.3, -0.25) is 0 Å². The Morgan fingerprint density at radius 1 is 0.500 bits per heavy atom. The van der Waals surface area contributed by atoms with Crippen LogP contribution < -0.4 is 11.5 Å². The number of halogens is 2. The van der Waals surface area contributed by atoms with Gasteiger partial charge >= 0.3 is 0 Å². The van der Waals surface area contributed by atoms with Gasteiger partial charge in [0.1, 0.15) is 0 Å². The van der Waals surface area contributed by atoms with Gasteiger partial charge in [0.2, 0.25) is 0 Å². The zero-order chi connectivity index (χ0) is 14.7. The molecule has 4 N–H and O–H groups in total. The second-order valence-electron chi connectivity index (χ2n) is 3.67. The van der Waals surface area contributed by atoms with Crippen molar-refractivity contribution < 1.29 is 18.9 Å². The molecule has 0 aliphatic rings. The quantitative estimate of drug-likeness (QED) is 0.278. The van der Waals surface area contributed by atoms with Crippen LogP contribution in [0.1, 0.15) is 0 Å². The fourth-order valence-corrected chi connectivity index (χ4v) is 2.84. The summed E-state index contributed by atoms with van der Waals surface area (Å²) in [6, 6.07) is 0. The van der Waals surface area contributed by atoms with Crippen LogP contribution in [0.3, 0.4) is 0 Å². The first kappa shape index (κ1) is 27.9. The molecule has 0 radical (unpaired) electrons. The molecule has 22 heavy (non-hydrogen) atoms. The van der Waals surface area contributed by atoms with E-state index in [2.05, 4.69) is 0 Å². The van der Waals surface area contributed by atoms with Crippen LogP contribution >= 0.6 is 46.4 Å². The summed E-state index contributed by atoms with van der Waals surface area (Å²) in [6.07, 6.45) is 0. The van der Waals surface area contributed by atoms with E-state index in [1.54, 1.807) is 21.6 Å². The Bertz CT molecular complexity index is 173. The maximum Gasteiger partial charge on any atom is 0.0701 e. The molecule has 0 aliphatic carbocycles. The number of ether oxygens (including phenoxy) is 4. The Morgan fingerprint density at radius 2 is 0.818 bits per heavy atom. The molecule has 0 aromatic heterocycles. The maximum atomic E-state index is 5.40. The minimum absolute atomic E-state index is 0. The van der Waals surface area contributed by atoms with Crippen LogP contribution in [0.2, 0.25) is 0 Å². The molecule has 10 heteroatoms. The Morgan fingerprint density at radius 3 is 1.14 bits per heavy atom. The van der Waals surface area contributed by atoms with E-state index in [-0.39, 0.29) is 24.8 Å². The van der Waals surface area contributed by atoms with Crippen molar-refractivity contribution in [3.8, 4) is 0 Å². The van der Waals surface area contributed by atoms with Crippen LogP contribution in [0, 0.1) is 0 Å². The highest BCUT2D eigenvalue weighted by Gasteiger charge is 1.94. The van der Waals surface area contributed by atoms with Crippen LogP contribution in [0.15, 0.2) is 0 Å². The standard InChI is InChI=1S/C12H28N2O4S2.2ClH/c13-1-3-15-5-7-17-9-11-19-20-12-10-18-8-6-16-4-2-14;;/h1-14H2;2*1H. The Balaban J connectivity index is -0.00000180. The summed E-state index contributed by atoms with van der Waals surface area (Å²) in [6.45, 7) is 6.34. The highest BCUT2D eigenvalue weighted by atomic mass is 35.5. The van der Waals surface area contributed by atoms with Gasteiger partial charge in [-0.1, -0.05) is 21.6 Å². The molecular weight excluding hydrogens is 371 g/mol. The van der Waals surface area contributed by atoms with Crippen LogP contribution in [-0.2, 0) is 18.9 Å². The first-order chi connectivity index (χ1) is 9.91. The predicted octanol–water partition coefficient (Wildman–Crippen LogP) is 1.20. The molecule has 0 spiro atoms. The fourth-order valence-electron chi connectivity index (χ4n) is 1.11. The zero-order valence-electron chi connectivity index (χ0n) is 12.9. The Hall–Kier alpha value is 1.04. The van der Waals surface area contributed by atoms with Crippen molar-refractivity contribution in [2.75, 3.05) is 77.5 Å². The molecule has 0 heterocycles. The highest BCUT2D eigenvalue weighted by Crippen LogP contribution is 2.20. The summed E-state index contributed by atoms with van der Waals surface area (Å²) in [5.41, 5.74) is 10.6. The van der Waals surface area contributed by atoms with Gasteiger partial charge in [0.25, 0.3) is 0 Å². The van der Waals surface area contributed by atoms with Crippen molar-refractivity contribution in [1.29, 1.82) is 0 Å². The van der Waals surface area contributed by atoms with Crippen molar-refractivity contribution in [2.45, 2.75) is 0 Å². The van der Waals surface area contributed by atoms with Crippen molar-refractivity contribution in [2.24, 2.45) is 11.5 Å². The van der Waals surface area contributed by atoms with E-state index < -0.39 is 0 Å². The summed E-state index contributed by atoms with van der Waals surface area (Å²) in [7, 11) is 3.59. The average Bonchev–Trinajstić information content (AvgIpc) is 2.47. The topological polar surface area (TPSA) is 89.0 Å². The lowest BCUT2D eigenvalue weighted by Gasteiger charge is -2.06. The van der Waals surface area contributed by atoms with E-state index in [0.29, 0.717) is 52.7 Å². The predicted molar refractivity (Wildman–Crippen MR) is 101 cm³/mol. The maximum absolute atomic E-state index is 5.40. The van der Waals surface area contributed by atoms with Crippen molar-refractivity contribution in [1.82, 2.24) is 0 Å². The fraction of sp³-hybridized carbons (Fsp3) is 1.00. The van der Waals surface area contributed by atoms with Gasteiger partial charge in [0.15, 0.2) is 0 Å². The van der Waals surface area contributed by atoms with Gasteiger partial charge < -0.3 is 30.4 Å². The average molecular weight is 401 g/mol. The molecule has 0 aromatic carbocycles. The largest absolute Gasteiger partial charge is 0.378 e. The SMILES string of the molecule is Cl.Cl.NCCOCCOCCSSCCOCCOCCN. The van der Waals surface area contributed by atoms with Gasteiger partial charge in [-0.2, -0.15) is 0 Å². The lowest BCUT2D eigenvalue weighted by molar-refractivity contribution is 0.0570. The molecule has 0 aromatic rings. The third-order valence-corrected chi connectivity index (χ3v) is 4.31. The van der Waals surface area contributed by atoms with Crippen LogP contribution in [0.4, 0.5) is 0 Å². The van der Waals surface area contributed by atoms with E-state index in [4.69, 9.17) is 30.4 Å². The van der Waals surface area contributed by atoms with Crippen LogP contribution in [-0.4, -0.2) is 77.5 Å². The molecule has 0 rings (SSSR count). The number of nitrogens with two attached hydrogens (primary N) is 2. The number of hydrogen-bond donors (Lipinski definition) is 2. The second kappa shape index (κ2) is 26.9. The van der Waals surface area contributed by atoms with Gasteiger partial charge in [-0.25, -0.2) is 0 Å². The third-order valence-electron chi connectivity index (χ3n) is 1.97. The van der Waals surface area contributed by atoms with Gasteiger partial charge in [-0.15, -0.1) is 24.8 Å². The van der Waals surface area contributed by atoms with E-state index in [1.165, 1.54) is 0 Å². The van der Waals surface area contributed by atoms with Crippen LogP contribution in [0.25, 0.3) is 0 Å².